The van der Waals surface area contributed by atoms with Crippen LogP contribution in [0, 0.1) is 10.1 Å². The van der Waals surface area contributed by atoms with Gasteiger partial charge in [-0.1, -0.05) is 20.8 Å². The van der Waals surface area contributed by atoms with Gasteiger partial charge in [0.1, 0.15) is 7.05 Å². The molecule has 0 N–H and O–H groups in total. The van der Waals surface area contributed by atoms with Gasteiger partial charge in [0.15, 0.2) is 5.69 Å². The molecule has 6 nitrogen and oxygen atoms in total. The van der Waals surface area contributed by atoms with Crippen molar-refractivity contribution in [2.75, 3.05) is 0 Å². The molecule has 0 saturated carbocycles. The standard InChI is InChI=1S/C7H12N4O2/c1-7(2,3)5-6(11(12)13)10(4)9-8-5/h1-4H3. The van der Waals surface area contributed by atoms with Crippen molar-refractivity contribution in [3.63, 3.8) is 0 Å². The molecule has 1 aromatic heterocycles. The summed E-state index contributed by atoms with van der Waals surface area (Å²) in [5.41, 5.74) is 0.0661. The smallest absolute Gasteiger partial charge is 0.358 e. The topological polar surface area (TPSA) is 73.8 Å². The fourth-order valence-electron chi connectivity index (χ4n) is 1.04. The van der Waals surface area contributed by atoms with Crippen LogP contribution in [-0.4, -0.2) is 19.9 Å². The van der Waals surface area contributed by atoms with E-state index in [2.05, 4.69) is 10.3 Å². The van der Waals surface area contributed by atoms with Crippen molar-refractivity contribution in [2.45, 2.75) is 26.2 Å². The van der Waals surface area contributed by atoms with E-state index in [1.54, 1.807) is 0 Å². The van der Waals surface area contributed by atoms with Crippen LogP contribution in [0.1, 0.15) is 26.5 Å². The lowest BCUT2D eigenvalue weighted by Gasteiger charge is -2.13. The molecule has 6 heteroatoms. The third kappa shape index (κ3) is 1.66. The Labute approximate surface area is 75.7 Å². The van der Waals surface area contributed by atoms with Crippen LogP contribution < -0.4 is 0 Å². The number of hydrogen-bond acceptors (Lipinski definition) is 4. The minimum Gasteiger partial charge on any atom is -0.358 e. The van der Waals surface area contributed by atoms with Crippen molar-refractivity contribution in [1.29, 1.82) is 0 Å². The Bertz CT molecular complexity index is 337. The van der Waals surface area contributed by atoms with Crippen molar-refractivity contribution in [3.8, 4) is 0 Å². The number of nitro groups is 1. The molecule has 0 aliphatic rings. The van der Waals surface area contributed by atoms with Crippen LogP contribution in [0.15, 0.2) is 0 Å². The summed E-state index contributed by atoms with van der Waals surface area (Å²) in [5.74, 6) is -0.0347. The highest BCUT2D eigenvalue weighted by molar-refractivity contribution is 5.30. The molecular formula is C7H12N4O2. The normalized spacial score (nSPS) is 11.7. The zero-order chi connectivity index (χ0) is 10.2. The molecule has 0 aliphatic carbocycles. The first-order valence-electron chi connectivity index (χ1n) is 3.88. The molecule has 0 radical (unpaired) electrons. The summed E-state index contributed by atoms with van der Waals surface area (Å²) in [6, 6.07) is 0. The molecule has 72 valence electrons. The summed E-state index contributed by atoms with van der Waals surface area (Å²) in [5, 5.41) is 18.1. The van der Waals surface area contributed by atoms with E-state index in [1.807, 2.05) is 20.8 Å². The Morgan fingerprint density at radius 3 is 2.31 bits per heavy atom. The average Bonchev–Trinajstić information content (AvgIpc) is 2.28. The van der Waals surface area contributed by atoms with Crippen molar-refractivity contribution in [2.24, 2.45) is 7.05 Å². The van der Waals surface area contributed by atoms with E-state index in [-0.39, 0.29) is 11.2 Å². The molecule has 0 fully saturated rings. The Kier molecular flexibility index (Phi) is 2.07. The van der Waals surface area contributed by atoms with Gasteiger partial charge in [-0.15, -0.1) is 9.78 Å². The minimum absolute atomic E-state index is 0.0347. The van der Waals surface area contributed by atoms with E-state index in [0.29, 0.717) is 5.69 Å². The molecule has 0 atom stereocenters. The van der Waals surface area contributed by atoms with Crippen molar-refractivity contribution in [3.05, 3.63) is 15.8 Å². The largest absolute Gasteiger partial charge is 0.368 e. The van der Waals surface area contributed by atoms with Crippen molar-refractivity contribution >= 4 is 5.82 Å². The lowest BCUT2D eigenvalue weighted by Crippen LogP contribution is -2.14. The van der Waals surface area contributed by atoms with Crippen LogP contribution in [0.5, 0.6) is 0 Å². The van der Waals surface area contributed by atoms with Gasteiger partial charge < -0.3 is 10.1 Å². The summed E-state index contributed by atoms with van der Waals surface area (Å²) in [7, 11) is 1.51. The van der Waals surface area contributed by atoms with Gasteiger partial charge in [0.2, 0.25) is 0 Å². The van der Waals surface area contributed by atoms with Crippen LogP contribution in [0.25, 0.3) is 0 Å². The number of aromatic nitrogens is 3. The van der Waals surface area contributed by atoms with Crippen LogP contribution >= 0.6 is 0 Å². The predicted octanol–water partition coefficient (Wildman–Crippen LogP) is 1.02. The quantitative estimate of drug-likeness (QED) is 0.482. The van der Waals surface area contributed by atoms with Gasteiger partial charge >= 0.3 is 5.82 Å². The maximum atomic E-state index is 10.7. The molecule has 1 aromatic rings. The monoisotopic (exact) mass is 184 g/mol. The summed E-state index contributed by atoms with van der Waals surface area (Å²) < 4.78 is 1.18. The zero-order valence-electron chi connectivity index (χ0n) is 8.11. The Balaban J connectivity index is 3.31. The molecular weight excluding hydrogens is 172 g/mol. The molecule has 1 rings (SSSR count). The van der Waals surface area contributed by atoms with Gasteiger partial charge in [0.25, 0.3) is 0 Å². The Morgan fingerprint density at radius 2 is 2.00 bits per heavy atom. The predicted molar refractivity (Wildman–Crippen MR) is 46.4 cm³/mol. The number of rotatable bonds is 1. The fourth-order valence-corrected chi connectivity index (χ4v) is 1.04. The van der Waals surface area contributed by atoms with Gasteiger partial charge in [-0.25, -0.2) is 0 Å². The molecule has 0 unspecified atom stereocenters. The third-order valence-corrected chi connectivity index (χ3v) is 1.68. The molecule has 1 heterocycles. The van der Waals surface area contributed by atoms with Gasteiger partial charge in [-0.05, 0) is 4.92 Å². The SMILES string of the molecule is Cn1nnc(C(C)(C)C)c1[N+](=O)[O-]. The number of aryl methyl sites for hydroxylation is 1. The summed E-state index contributed by atoms with van der Waals surface area (Å²) >= 11 is 0. The second-order valence-electron chi connectivity index (χ2n) is 3.89. The van der Waals surface area contributed by atoms with Crippen LogP contribution in [0.2, 0.25) is 0 Å². The summed E-state index contributed by atoms with van der Waals surface area (Å²) in [6.07, 6.45) is 0. The minimum atomic E-state index is -0.458. The molecule has 0 bridgehead atoms. The first kappa shape index (κ1) is 9.63. The zero-order valence-corrected chi connectivity index (χ0v) is 8.11. The van der Waals surface area contributed by atoms with Gasteiger partial charge in [0, 0.05) is 10.6 Å². The highest BCUT2D eigenvalue weighted by Gasteiger charge is 2.30. The molecule has 0 spiro atoms. The Morgan fingerprint density at radius 1 is 1.46 bits per heavy atom. The van der Waals surface area contributed by atoms with E-state index < -0.39 is 4.92 Å². The van der Waals surface area contributed by atoms with E-state index in [4.69, 9.17) is 0 Å². The maximum absolute atomic E-state index is 10.7. The third-order valence-electron chi connectivity index (χ3n) is 1.68. The molecule has 0 amide bonds. The maximum Gasteiger partial charge on any atom is 0.368 e. The Hall–Kier alpha value is -1.46. The van der Waals surface area contributed by atoms with E-state index >= 15 is 0 Å². The molecule has 0 aromatic carbocycles. The first-order valence-corrected chi connectivity index (χ1v) is 3.88. The van der Waals surface area contributed by atoms with E-state index in [9.17, 15) is 10.1 Å². The molecule has 0 saturated heterocycles. The van der Waals surface area contributed by atoms with Gasteiger partial charge in [-0.3, -0.25) is 0 Å². The highest BCUT2D eigenvalue weighted by atomic mass is 16.6. The molecule has 13 heavy (non-hydrogen) atoms. The highest BCUT2D eigenvalue weighted by Crippen LogP contribution is 2.27. The van der Waals surface area contributed by atoms with Crippen LogP contribution in [0.4, 0.5) is 5.82 Å². The van der Waals surface area contributed by atoms with Crippen molar-refractivity contribution in [1.82, 2.24) is 15.0 Å². The first-order chi connectivity index (χ1) is 5.84. The fraction of sp³-hybridized carbons (Fsp3) is 0.714. The average molecular weight is 184 g/mol. The van der Waals surface area contributed by atoms with Crippen LogP contribution in [-0.2, 0) is 12.5 Å². The van der Waals surface area contributed by atoms with Crippen LogP contribution in [0.3, 0.4) is 0 Å². The van der Waals surface area contributed by atoms with E-state index in [0.717, 1.165) is 0 Å². The lowest BCUT2D eigenvalue weighted by molar-refractivity contribution is -0.393. The van der Waals surface area contributed by atoms with Crippen molar-refractivity contribution < 1.29 is 4.92 Å². The summed E-state index contributed by atoms with van der Waals surface area (Å²) in [6.45, 7) is 5.60. The number of nitrogens with zero attached hydrogens (tertiary/aromatic N) is 4. The second-order valence-corrected chi connectivity index (χ2v) is 3.89. The molecule has 0 aliphatic heterocycles. The van der Waals surface area contributed by atoms with Gasteiger partial charge in [-0.2, -0.15) is 0 Å². The number of hydrogen-bond donors (Lipinski definition) is 0. The van der Waals surface area contributed by atoms with Gasteiger partial charge in [0.05, 0.1) is 0 Å². The summed E-state index contributed by atoms with van der Waals surface area (Å²) in [4.78, 5) is 10.2. The lowest BCUT2D eigenvalue weighted by atomic mass is 9.92. The second kappa shape index (κ2) is 2.79. The van der Waals surface area contributed by atoms with E-state index in [1.165, 1.54) is 11.7 Å².